The van der Waals surface area contributed by atoms with Crippen molar-refractivity contribution in [2.24, 2.45) is 0 Å². The van der Waals surface area contributed by atoms with Gasteiger partial charge < -0.3 is 4.74 Å². The minimum atomic E-state index is -0.519. The summed E-state index contributed by atoms with van der Waals surface area (Å²) in [5.74, 6) is -0.923. The van der Waals surface area contributed by atoms with Crippen molar-refractivity contribution in [1.29, 1.82) is 0 Å². The van der Waals surface area contributed by atoms with E-state index in [1.54, 1.807) is 0 Å². The van der Waals surface area contributed by atoms with Crippen molar-refractivity contribution < 1.29 is 14.3 Å². The quantitative estimate of drug-likeness (QED) is 0.208. The molecule has 0 rings (SSSR count). The van der Waals surface area contributed by atoms with E-state index in [1.165, 1.54) is 26.2 Å². The van der Waals surface area contributed by atoms with Gasteiger partial charge in [0.2, 0.25) is 0 Å². The molecule has 0 atom stereocenters. The molecule has 4 heteroatoms. The normalized spacial score (nSPS) is 9.24. The van der Waals surface area contributed by atoms with Gasteiger partial charge in [0.15, 0.2) is 0 Å². The molecule has 0 heterocycles. The van der Waals surface area contributed by atoms with Gasteiger partial charge in [0, 0.05) is 13.3 Å². The van der Waals surface area contributed by atoms with E-state index >= 15 is 0 Å². The fourth-order valence-electron chi connectivity index (χ4n) is 1.48. The van der Waals surface area contributed by atoms with E-state index in [9.17, 15) is 9.59 Å². The van der Waals surface area contributed by atoms with Gasteiger partial charge in [-0.15, -0.1) is 6.58 Å². The molecular formula is C13H23NaO3. The van der Waals surface area contributed by atoms with Crippen molar-refractivity contribution in [2.45, 2.75) is 58.3 Å². The van der Waals surface area contributed by atoms with Crippen LogP contribution in [0.5, 0.6) is 0 Å². The summed E-state index contributed by atoms with van der Waals surface area (Å²) in [6.45, 7) is 4.92. The van der Waals surface area contributed by atoms with Gasteiger partial charge in [0.1, 0.15) is 0 Å². The van der Waals surface area contributed by atoms with Gasteiger partial charge in [-0.1, -0.05) is 31.8 Å². The molecule has 0 aliphatic heterocycles. The summed E-state index contributed by atoms with van der Waals surface area (Å²) in [7, 11) is 0. The molecule has 17 heavy (non-hydrogen) atoms. The number of unbranched alkanes of at least 4 members (excludes halogenated alkanes) is 6. The second kappa shape index (κ2) is 13.9. The molecule has 0 N–H and O–H groups in total. The van der Waals surface area contributed by atoms with Crippen molar-refractivity contribution in [3.05, 3.63) is 12.7 Å². The van der Waals surface area contributed by atoms with Gasteiger partial charge in [-0.3, -0.25) is 9.59 Å². The number of hydrogen-bond donors (Lipinski definition) is 0. The predicted octanol–water partition coefficient (Wildman–Crippen LogP) is 2.73. The predicted molar refractivity (Wildman–Crippen MR) is 71.1 cm³/mol. The maximum atomic E-state index is 11.0. The summed E-state index contributed by atoms with van der Waals surface area (Å²) >= 11 is 0. The molecule has 0 aromatic heterocycles. The average Bonchev–Trinajstić information content (AvgIpc) is 2.21. The van der Waals surface area contributed by atoms with Crippen LogP contribution in [0.25, 0.3) is 0 Å². The molecule has 94 valence electrons. The zero-order chi connectivity index (χ0) is 12.2. The first kappa shape index (κ1) is 19.2. The Hall–Kier alpha value is -0.120. The van der Waals surface area contributed by atoms with Crippen LogP contribution in [0.2, 0.25) is 0 Å². The number of esters is 2. The van der Waals surface area contributed by atoms with Crippen LogP contribution in [0.1, 0.15) is 58.3 Å². The Morgan fingerprint density at radius 3 is 2.12 bits per heavy atom. The Balaban J connectivity index is 0. The molecule has 0 aliphatic rings. The van der Waals surface area contributed by atoms with Crippen LogP contribution in [0.15, 0.2) is 12.7 Å². The van der Waals surface area contributed by atoms with E-state index in [0.717, 1.165) is 25.7 Å². The molecule has 0 radical (unpaired) electrons. The van der Waals surface area contributed by atoms with Crippen LogP contribution in [-0.4, -0.2) is 41.5 Å². The molecule has 3 nitrogen and oxygen atoms in total. The zero-order valence-electron chi connectivity index (χ0n) is 10.2. The fraction of sp³-hybridized carbons (Fsp3) is 0.692. The van der Waals surface area contributed by atoms with Gasteiger partial charge in [0.05, 0.1) is 0 Å². The Kier molecular flexibility index (Phi) is 15.8. The van der Waals surface area contributed by atoms with Crippen LogP contribution in [0.4, 0.5) is 0 Å². The third kappa shape index (κ3) is 15.9. The zero-order valence-corrected chi connectivity index (χ0v) is 10.2. The van der Waals surface area contributed by atoms with Gasteiger partial charge in [0.25, 0.3) is 0 Å². The van der Waals surface area contributed by atoms with Crippen LogP contribution in [0, 0.1) is 0 Å². The van der Waals surface area contributed by atoms with Crippen molar-refractivity contribution in [3.63, 3.8) is 0 Å². The van der Waals surface area contributed by atoms with Gasteiger partial charge in [-0.2, -0.15) is 0 Å². The van der Waals surface area contributed by atoms with Crippen LogP contribution >= 0.6 is 0 Å². The Morgan fingerprint density at radius 2 is 1.59 bits per heavy atom. The van der Waals surface area contributed by atoms with E-state index in [1.807, 2.05) is 6.08 Å². The standard InChI is InChI=1S/C13H22O3.Na.H/c1-3-4-5-6-7-8-9-10-11-13(15)16-12(2)14;;/h3H,1,4-11H2,2H3;;. The Morgan fingerprint density at radius 1 is 1.06 bits per heavy atom. The number of hydrogen-bond acceptors (Lipinski definition) is 3. The molecule has 0 saturated carbocycles. The van der Waals surface area contributed by atoms with E-state index in [-0.39, 0.29) is 29.6 Å². The molecular weight excluding hydrogens is 227 g/mol. The summed E-state index contributed by atoms with van der Waals surface area (Å²) in [5, 5.41) is 0. The van der Waals surface area contributed by atoms with Crippen LogP contribution < -0.4 is 0 Å². The van der Waals surface area contributed by atoms with Crippen LogP contribution in [-0.2, 0) is 14.3 Å². The fourth-order valence-corrected chi connectivity index (χ4v) is 1.48. The first-order valence-electron chi connectivity index (χ1n) is 5.99. The number of carbonyl (C=O) groups excluding carboxylic acids is 2. The third-order valence-electron chi connectivity index (χ3n) is 2.30. The molecule has 0 saturated heterocycles. The topological polar surface area (TPSA) is 43.4 Å². The molecule has 0 bridgehead atoms. The first-order chi connectivity index (χ1) is 7.66. The number of allylic oxidation sites excluding steroid dienone is 1. The van der Waals surface area contributed by atoms with Gasteiger partial charge in [-0.25, -0.2) is 0 Å². The SMILES string of the molecule is C=CCCCCCCCCC(=O)OC(C)=O.[NaH]. The molecule has 0 aromatic rings. The second-order valence-electron chi connectivity index (χ2n) is 3.91. The van der Waals surface area contributed by atoms with Crippen molar-refractivity contribution in [1.82, 2.24) is 0 Å². The Bertz CT molecular complexity index is 227. The molecule has 0 fully saturated rings. The second-order valence-corrected chi connectivity index (χ2v) is 3.91. The van der Waals surface area contributed by atoms with Crippen LogP contribution in [0.3, 0.4) is 0 Å². The van der Waals surface area contributed by atoms with Gasteiger partial charge in [-0.05, 0) is 19.3 Å². The van der Waals surface area contributed by atoms with E-state index in [2.05, 4.69) is 11.3 Å². The number of carbonyl (C=O) groups is 2. The summed E-state index contributed by atoms with van der Waals surface area (Å²) in [4.78, 5) is 21.4. The number of rotatable bonds is 9. The van der Waals surface area contributed by atoms with Crippen molar-refractivity contribution in [3.8, 4) is 0 Å². The molecule has 0 amide bonds. The summed E-state index contributed by atoms with van der Waals surface area (Å²) in [5.41, 5.74) is 0. The summed E-state index contributed by atoms with van der Waals surface area (Å²) in [6, 6.07) is 0. The molecule has 0 spiro atoms. The van der Waals surface area contributed by atoms with Crippen molar-refractivity contribution in [2.75, 3.05) is 0 Å². The van der Waals surface area contributed by atoms with E-state index < -0.39 is 11.9 Å². The summed E-state index contributed by atoms with van der Waals surface area (Å²) in [6.07, 6.45) is 10.0. The molecule has 0 aliphatic carbocycles. The number of ether oxygens (including phenoxy) is 1. The van der Waals surface area contributed by atoms with Crippen molar-refractivity contribution >= 4 is 41.5 Å². The summed E-state index contributed by atoms with van der Waals surface area (Å²) < 4.78 is 4.42. The van der Waals surface area contributed by atoms with Gasteiger partial charge >= 0.3 is 41.5 Å². The minimum absolute atomic E-state index is 0. The maximum absolute atomic E-state index is 11.0. The monoisotopic (exact) mass is 250 g/mol. The average molecular weight is 250 g/mol. The molecule has 0 aromatic carbocycles. The van der Waals surface area contributed by atoms with E-state index in [0.29, 0.717) is 6.42 Å². The first-order valence-corrected chi connectivity index (χ1v) is 5.99. The Labute approximate surface area is 126 Å². The third-order valence-corrected chi connectivity index (χ3v) is 2.30. The molecule has 0 unspecified atom stereocenters. The van der Waals surface area contributed by atoms with E-state index in [4.69, 9.17) is 0 Å².